The van der Waals surface area contributed by atoms with Gasteiger partial charge in [0.2, 0.25) is 0 Å². The Morgan fingerprint density at radius 2 is 0.583 bits per heavy atom. The average Bonchev–Trinajstić information content (AvgIpc) is 1.12. The second-order valence-electron chi connectivity index (χ2n) is 0.756. The summed E-state index contributed by atoms with van der Waals surface area (Å²) in [7, 11) is 0. The molecule has 0 atom stereocenters. The molecule has 0 aromatic carbocycles. The zero-order chi connectivity index (χ0) is 9.00. The summed E-state index contributed by atoms with van der Waals surface area (Å²) in [6, 6.07) is 0. The first kappa shape index (κ1) is 23.1. The Hall–Kier alpha value is 1.07. The van der Waals surface area contributed by atoms with Crippen LogP contribution in [0.1, 0.15) is 0 Å². The van der Waals surface area contributed by atoms with Crippen molar-refractivity contribution < 1.29 is 91.8 Å². The second kappa shape index (κ2) is 8.65. The molecule has 0 saturated carbocycles. The molecule has 0 heterocycles. The summed E-state index contributed by atoms with van der Waals surface area (Å²) in [5.74, 6) is 0. The molecule has 12 heteroatoms. The second-order valence-corrected chi connectivity index (χ2v) is 3.12. The molecule has 0 fully saturated rings. The maximum absolute atomic E-state index is 8.58. The Labute approximate surface area is 91.4 Å². The van der Waals surface area contributed by atoms with Gasteiger partial charge in [-0.25, -0.2) is 0 Å². The van der Waals surface area contributed by atoms with E-state index in [1.807, 2.05) is 0 Å². The number of hydrogen-bond acceptors (Lipinski definition) is 8. The Bertz CT molecular complexity index is 211. The van der Waals surface area contributed by atoms with Gasteiger partial charge in [0, 0.05) is 0 Å². The minimum atomic E-state index is -5.62. The van der Waals surface area contributed by atoms with Gasteiger partial charge in [-0.2, -0.15) is 0 Å². The Balaban J connectivity index is -0.0000000457. The molecule has 0 bridgehead atoms. The van der Waals surface area contributed by atoms with E-state index in [9.17, 15) is 0 Å². The monoisotopic (exact) mass is 354 g/mol. The van der Waals surface area contributed by atoms with Crippen molar-refractivity contribution in [3.63, 3.8) is 0 Å². The number of hydrogen-bond donors (Lipinski definition) is 0. The van der Waals surface area contributed by atoms with Gasteiger partial charge in [0.05, 0.1) is 0 Å². The van der Waals surface area contributed by atoms with E-state index in [0.717, 1.165) is 0 Å². The molecule has 0 spiro atoms. The van der Waals surface area contributed by atoms with Gasteiger partial charge in [0.1, 0.15) is 0 Å². The van der Waals surface area contributed by atoms with Crippen molar-refractivity contribution in [2.45, 2.75) is 0 Å². The molecule has 0 unspecified atom stereocenters. The van der Waals surface area contributed by atoms with Gasteiger partial charge >= 0.3 is 91.8 Å². The summed E-state index contributed by atoms with van der Waals surface area (Å²) in [5.41, 5.74) is 0. The zero-order valence-corrected chi connectivity index (χ0v) is 8.99. The molecular weight excluding hydrogens is 355 g/mol. The first-order valence-electron chi connectivity index (χ1n) is 1.23. The van der Waals surface area contributed by atoms with Crippen LogP contribution in [0.4, 0.5) is 0 Å². The van der Waals surface area contributed by atoms with E-state index in [1.165, 1.54) is 0 Å². The van der Waals surface area contributed by atoms with Gasteiger partial charge < -0.3 is 0 Å². The quantitative estimate of drug-likeness (QED) is 0.389. The molecule has 0 radical (unpaired) electrons. The van der Waals surface area contributed by atoms with E-state index in [0.29, 0.717) is 0 Å². The fourth-order valence-corrected chi connectivity index (χ4v) is 0. The summed E-state index contributed by atoms with van der Waals surface area (Å²) in [4.78, 5) is 0. The third-order valence-corrected chi connectivity index (χ3v) is 0. The van der Waals surface area contributed by atoms with Crippen LogP contribution in [0.2, 0.25) is 0 Å². The molecule has 8 nitrogen and oxygen atoms in total. The normalized spacial score (nSPS) is 9.67. The SMILES string of the molecule is [Ni+2].[Ni+2].[O]=[Mn](=[O])([O-])[O-].[O]=[Mn](=[O])([O-])[O-]. The van der Waals surface area contributed by atoms with Gasteiger partial charge in [-0.05, 0) is 0 Å². The third kappa shape index (κ3) is 987. The van der Waals surface area contributed by atoms with Crippen molar-refractivity contribution in [3.8, 4) is 0 Å². The Kier molecular flexibility index (Phi) is 16.7. The van der Waals surface area contributed by atoms with Crippen LogP contribution in [0.3, 0.4) is 0 Å². The molecule has 0 N–H and O–H groups in total. The maximum atomic E-state index is 8.58. The van der Waals surface area contributed by atoms with Crippen LogP contribution in [-0.2, 0) is 75.1 Å². The first-order chi connectivity index (χ1) is 4.00. The van der Waals surface area contributed by atoms with Gasteiger partial charge in [-0.1, -0.05) is 0 Å². The van der Waals surface area contributed by atoms with Crippen molar-refractivity contribution in [3.05, 3.63) is 0 Å². The molecule has 82 valence electrons. The van der Waals surface area contributed by atoms with Crippen molar-refractivity contribution >= 4 is 0 Å². The molecule has 0 aromatic heterocycles. The van der Waals surface area contributed by atoms with E-state index in [2.05, 4.69) is 0 Å². The molecule has 0 saturated heterocycles. The van der Waals surface area contributed by atoms with Crippen LogP contribution >= 0.6 is 0 Å². The van der Waals surface area contributed by atoms with Crippen molar-refractivity contribution in [2.75, 3.05) is 0 Å². The van der Waals surface area contributed by atoms with Crippen molar-refractivity contribution in [1.82, 2.24) is 0 Å². The summed E-state index contributed by atoms with van der Waals surface area (Å²) < 4.78 is 68.6. The molecule has 0 aromatic rings. The summed E-state index contributed by atoms with van der Waals surface area (Å²) in [5, 5.41) is 0. The van der Waals surface area contributed by atoms with Crippen LogP contribution in [-0.4, -0.2) is 0 Å². The van der Waals surface area contributed by atoms with Crippen LogP contribution in [0.25, 0.3) is 0 Å². The third-order valence-electron chi connectivity index (χ3n) is 0. The van der Waals surface area contributed by atoms with Gasteiger partial charge in [0.25, 0.3) is 0 Å². The Morgan fingerprint density at radius 3 is 0.583 bits per heavy atom. The van der Waals surface area contributed by atoms with Crippen molar-refractivity contribution in [2.24, 2.45) is 0 Å². The van der Waals surface area contributed by atoms with Crippen molar-refractivity contribution in [1.29, 1.82) is 0 Å². The van der Waals surface area contributed by atoms with Crippen LogP contribution in [0.5, 0.6) is 0 Å². The summed E-state index contributed by atoms with van der Waals surface area (Å²) in [6.45, 7) is 0. The Morgan fingerprint density at radius 1 is 0.583 bits per heavy atom. The topological polar surface area (TPSA) is 161 Å². The fraction of sp³-hybridized carbons (Fsp3) is 0. The molecule has 0 aliphatic heterocycles. The molecule has 0 aliphatic carbocycles. The van der Waals surface area contributed by atoms with E-state index < -0.39 is 26.7 Å². The predicted octanol–water partition coefficient (Wildman–Crippen LogP) is -5.24. The predicted molar refractivity (Wildman–Crippen MR) is 2.75 cm³/mol. The summed E-state index contributed by atoms with van der Waals surface area (Å²) >= 11 is -11.2. The molecule has 0 amide bonds. The molecule has 0 rings (SSSR count). The van der Waals surface area contributed by atoms with Crippen LogP contribution in [0.15, 0.2) is 0 Å². The minimum absolute atomic E-state index is 0. The number of rotatable bonds is 0. The van der Waals surface area contributed by atoms with Gasteiger partial charge in [-0.15, -0.1) is 0 Å². The van der Waals surface area contributed by atoms with E-state index >= 15 is 0 Å². The molecular formula is Mn2Ni2O8. The zero-order valence-electron chi connectivity index (χ0n) is 4.65. The van der Waals surface area contributed by atoms with E-state index in [4.69, 9.17) is 32.1 Å². The van der Waals surface area contributed by atoms with Gasteiger partial charge in [0.15, 0.2) is 0 Å². The standard InChI is InChI=1S/2Mn.2Ni.8O/q;;2*+2;;;;;4*-1. The first-order valence-corrected chi connectivity index (χ1v) is 5.09. The average molecular weight is 355 g/mol. The van der Waals surface area contributed by atoms with E-state index in [1.54, 1.807) is 0 Å². The molecule has 12 heavy (non-hydrogen) atoms. The molecule has 0 aliphatic rings. The fourth-order valence-electron chi connectivity index (χ4n) is 0. The summed E-state index contributed by atoms with van der Waals surface area (Å²) in [6.07, 6.45) is 0. The van der Waals surface area contributed by atoms with Crippen LogP contribution in [0, 0.1) is 0 Å². The van der Waals surface area contributed by atoms with E-state index in [-0.39, 0.29) is 33.0 Å². The van der Waals surface area contributed by atoms with Crippen LogP contribution < -0.4 is 16.8 Å². The van der Waals surface area contributed by atoms with Gasteiger partial charge in [-0.3, -0.25) is 0 Å².